The summed E-state index contributed by atoms with van der Waals surface area (Å²) in [6.07, 6.45) is 6.88. The lowest BCUT2D eigenvalue weighted by molar-refractivity contribution is -0.117. The number of carbonyl (C=O) groups is 1. The zero-order valence-electron chi connectivity index (χ0n) is 9.94. The van der Waals surface area contributed by atoms with E-state index in [-0.39, 0.29) is 5.91 Å². The molecular formula is C12H16N4O. The van der Waals surface area contributed by atoms with E-state index in [1.165, 1.54) is 17.5 Å². The predicted octanol–water partition coefficient (Wildman–Crippen LogP) is 1.81. The lowest BCUT2D eigenvalue weighted by atomic mass is 10.0. The molecule has 0 spiro atoms. The molecule has 1 aromatic heterocycles. The van der Waals surface area contributed by atoms with Crippen molar-refractivity contribution in [3.05, 3.63) is 11.8 Å². The zero-order chi connectivity index (χ0) is 12.3. The fourth-order valence-corrected chi connectivity index (χ4v) is 2.32. The van der Waals surface area contributed by atoms with Gasteiger partial charge < -0.3 is 5.32 Å². The van der Waals surface area contributed by atoms with E-state index in [1.54, 1.807) is 13.2 Å². The molecule has 1 N–H and O–H groups in total. The van der Waals surface area contributed by atoms with E-state index in [0.29, 0.717) is 23.7 Å². The number of aryl methyl sites for hydroxylation is 1. The second kappa shape index (κ2) is 5.00. The number of rotatable bonds is 3. The highest BCUT2D eigenvalue weighted by Crippen LogP contribution is 2.27. The minimum atomic E-state index is -0.0351. The molecule has 0 bridgehead atoms. The first-order valence-electron chi connectivity index (χ1n) is 5.92. The van der Waals surface area contributed by atoms with Crippen LogP contribution in [-0.2, 0) is 11.8 Å². The highest BCUT2D eigenvalue weighted by molar-refractivity contribution is 5.91. The summed E-state index contributed by atoms with van der Waals surface area (Å²) < 4.78 is 1.53. The molecule has 0 unspecified atom stereocenters. The number of hydrogen-bond donors (Lipinski definition) is 1. The van der Waals surface area contributed by atoms with Crippen LogP contribution in [0.4, 0.5) is 5.82 Å². The van der Waals surface area contributed by atoms with Gasteiger partial charge in [-0.05, 0) is 18.8 Å². The molecule has 0 aliphatic heterocycles. The molecule has 0 aromatic carbocycles. The van der Waals surface area contributed by atoms with Gasteiger partial charge in [-0.15, -0.1) is 0 Å². The molecule has 5 heteroatoms. The van der Waals surface area contributed by atoms with E-state index < -0.39 is 0 Å². The van der Waals surface area contributed by atoms with Gasteiger partial charge in [0, 0.05) is 19.7 Å². The number of amides is 1. The van der Waals surface area contributed by atoms with Crippen molar-refractivity contribution in [1.82, 2.24) is 9.78 Å². The van der Waals surface area contributed by atoms with E-state index >= 15 is 0 Å². The number of aromatic nitrogens is 2. The standard InChI is InChI=1S/C12H16N4O/c1-16-8-10(7-13)12(15-16)14-11(17)6-9-4-2-3-5-9/h8-9H,2-6H2,1H3,(H,14,15,17). The molecule has 2 rings (SSSR count). The van der Waals surface area contributed by atoms with Gasteiger partial charge in [-0.1, -0.05) is 12.8 Å². The van der Waals surface area contributed by atoms with Crippen LogP contribution in [0.5, 0.6) is 0 Å². The van der Waals surface area contributed by atoms with Gasteiger partial charge in [0.15, 0.2) is 5.82 Å². The molecule has 0 atom stereocenters. The first-order chi connectivity index (χ1) is 8.19. The Kier molecular flexibility index (Phi) is 3.43. The van der Waals surface area contributed by atoms with Gasteiger partial charge in [-0.3, -0.25) is 9.48 Å². The van der Waals surface area contributed by atoms with Crippen molar-refractivity contribution in [2.24, 2.45) is 13.0 Å². The molecule has 1 aromatic rings. The highest BCUT2D eigenvalue weighted by atomic mass is 16.1. The number of anilines is 1. The summed E-state index contributed by atoms with van der Waals surface area (Å²) in [6.45, 7) is 0. The Bertz CT molecular complexity index is 452. The molecule has 1 aliphatic carbocycles. The lowest BCUT2D eigenvalue weighted by Gasteiger charge is -2.07. The molecule has 0 saturated heterocycles. The summed E-state index contributed by atoms with van der Waals surface area (Å²) in [6, 6.07) is 2.02. The second-order valence-corrected chi connectivity index (χ2v) is 4.58. The number of hydrogen-bond acceptors (Lipinski definition) is 3. The van der Waals surface area contributed by atoms with Crippen LogP contribution in [0.1, 0.15) is 37.7 Å². The van der Waals surface area contributed by atoms with Crippen molar-refractivity contribution in [2.45, 2.75) is 32.1 Å². The number of nitrogens with one attached hydrogen (secondary N) is 1. The Morgan fingerprint density at radius 2 is 2.35 bits per heavy atom. The highest BCUT2D eigenvalue weighted by Gasteiger charge is 2.19. The molecule has 90 valence electrons. The molecule has 5 nitrogen and oxygen atoms in total. The fourth-order valence-electron chi connectivity index (χ4n) is 2.32. The maximum Gasteiger partial charge on any atom is 0.225 e. The Labute approximate surface area is 100 Å². The Morgan fingerprint density at radius 3 is 3.00 bits per heavy atom. The maximum absolute atomic E-state index is 11.8. The summed E-state index contributed by atoms with van der Waals surface area (Å²) in [5, 5.41) is 15.6. The minimum absolute atomic E-state index is 0.0351. The maximum atomic E-state index is 11.8. The number of nitrogens with zero attached hydrogens (tertiary/aromatic N) is 3. The summed E-state index contributed by atoms with van der Waals surface area (Å²) in [4.78, 5) is 11.8. The van der Waals surface area contributed by atoms with Crippen LogP contribution in [0.15, 0.2) is 6.20 Å². The van der Waals surface area contributed by atoms with E-state index in [2.05, 4.69) is 10.4 Å². The average molecular weight is 232 g/mol. The van der Waals surface area contributed by atoms with Crippen LogP contribution >= 0.6 is 0 Å². The summed E-state index contributed by atoms with van der Waals surface area (Å²) in [7, 11) is 1.73. The molecule has 1 aliphatic rings. The average Bonchev–Trinajstić information content (AvgIpc) is 2.88. The van der Waals surface area contributed by atoms with Crippen LogP contribution < -0.4 is 5.32 Å². The van der Waals surface area contributed by atoms with Crippen LogP contribution in [0.3, 0.4) is 0 Å². The summed E-state index contributed by atoms with van der Waals surface area (Å²) >= 11 is 0. The third-order valence-electron chi connectivity index (χ3n) is 3.16. The van der Waals surface area contributed by atoms with Crippen molar-refractivity contribution in [3.8, 4) is 6.07 Å². The smallest absolute Gasteiger partial charge is 0.225 e. The third kappa shape index (κ3) is 2.84. The Hall–Kier alpha value is -1.83. The van der Waals surface area contributed by atoms with Crippen molar-refractivity contribution < 1.29 is 4.79 Å². The van der Waals surface area contributed by atoms with E-state index in [0.717, 1.165) is 12.8 Å². The Morgan fingerprint density at radius 1 is 1.65 bits per heavy atom. The predicted molar refractivity (Wildman–Crippen MR) is 63.1 cm³/mol. The van der Waals surface area contributed by atoms with E-state index in [9.17, 15) is 4.79 Å². The molecular weight excluding hydrogens is 216 g/mol. The first kappa shape index (κ1) is 11.6. The number of carbonyl (C=O) groups excluding carboxylic acids is 1. The molecule has 0 radical (unpaired) electrons. The van der Waals surface area contributed by atoms with Crippen molar-refractivity contribution >= 4 is 11.7 Å². The molecule has 1 fully saturated rings. The van der Waals surface area contributed by atoms with Crippen molar-refractivity contribution in [1.29, 1.82) is 5.26 Å². The topological polar surface area (TPSA) is 70.7 Å². The van der Waals surface area contributed by atoms with Crippen LogP contribution in [0.25, 0.3) is 0 Å². The van der Waals surface area contributed by atoms with E-state index in [4.69, 9.17) is 5.26 Å². The van der Waals surface area contributed by atoms with Gasteiger partial charge in [-0.2, -0.15) is 10.4 Å². The van der Waals surface area contributed by atoms with Gasteiger partial charge in [0.05, 0.1) is 0 Å². The normalized spacial score (nSPS) is 15.8. The SMILES string of the molecule is Cn1cc(C#N)c(NC(=O)CC2CCCC2)n1. The minimum Gasteiger partial charge on any atom is -0.308 e. The van der Waals surface area contributed by atoms with Crippen molar-refractivity contribution in [3.63, 3.8) is 0 Å². The first-order valence-corrected chi connectivity index (χ1v) is 5.92. The molecule has 1 saturated carbocycles. The molecule has 17 heavy (non-hydrogen) atoms. The zero-order valence-corrected chi connectivity index (χ0v) is 9.94. The fraction of sp³-hybridized carbons (Fsp3) is 0.583. The Balaban J connectivity index is 1.95. The van der Waals surface area contributed by atoms with Crippen LogP contribution in [0.2, 0.25) is 0 Å². The van der Waals surface area contributed by atoms with Gasteiger partial charge in [0.1, 0.15) is 11.6 Å². The quantitative estimate of drug-likeness (QED) is 0.864. The second-order valence-electron chi connectivity index (χ2n) is 4.58. The van der Waals surface area contributed by atoms with Gasteiger partial charge in [-0.25, -0.2) is 0 Å². The number of nitriles is 1. The molecule has 1 amide bonds. The summed E-state index contributed by atoms with van der Waals surface area (Å²) in [5.41, 5.74) is 0.410. The van der Waals surface area contributed by atoms with Crippen LogP contribution in [0, 0.1) is 17.2 Å². The van der Waals surface area contributed by atoms with E-state index in [1.807, 2.05) is 6.07 Å². The van der Waals surface area contributed by atoms with Crippen LogP contribution in [-0.4, -0.2) is 15.7 Å². The van der Waals surface area contributed by atoms with Gasteiger partial charge in [0.25, 0.3) is 0 Å². The lowest BCUT2D eigenvalue weighted by Crippen LogP contribution is -2.16. The van der Waals surface area contributed by atoms with Gasteiger partial charge in [0.2, 0.25) is 5.91 Å². The largest absolute Gasteiger partial charge is 0.308 e. The van der Waals surface area contributed by atoms with Crippen molar-refractivity contribution in [2.75, 3.05) is 5.32 Å². The monoisotopic (exact) mass is 232 g/mol. The molecule has 1 heterocycles. The summed E-state index contributed by atoms with van der Waals surface area (Å²) in [5.74, 6) is 0.842. The third-order valence-corrected chi connectivity index (χ3v) is 3.16. The van der Waals surface area contributed by atoms with Gasteiger partial charge >= 0.3 is 0 Å².